The number of benzene rings is 1. The van der Waals surface area contributed by atoms with Crippen LogP contribution in [0.4, 0.5) is 0 Å². The fraction of sp³-hybridized carbons (Fsp3) is 0.417. The Balaban J connectivity index is 0.000000487. The SMILES string of the molecule is CC(C)(C)c1ccc(SN)cc1.COC=O. The number of carbonyl (C=O) groups is 1. The van der Waals surface area contributed by atoms with Gasteiger partial charge in [0.2, 0.25) is 0 Å². The molecule has 0 aliphatic heterocycles. The van der Waals surface area contributed by atoms with Gasteiger partial charge in [0.05, 0.1) is 7.11 Å². The van der Waals surface area contributed by atoms with Crippen LogP contribution < -0.4 is 5.14 Å². The monoisotopic (exact) mass is 241 g/mol. The van der Waals surface area contributed by atoms with E-state index in [2.05, 4.69) is 49.8 Å². The Labute approximate surface area is 102 Å². The second kappa shape index (κ2) is 7.30. The van der Waals surface area contributed by atoms with E-state index in [1.54, 1.807) is 0 Å². The highest BCUT2D eigenvalue weighted by molar-refractivity contribution is 7.97. The zero-order valence-electron chi connectivity index (χ0n) is 10.2. The summed E-state index contributed by atoms with van der Waals surface area (Å²) in [7, 11) is 1.31. The zero-order valence-corrected chi connectivity index (χ0v) is 11.0. The molecular formula is C12H19NO2S. The van der Waals surface area contributed by atoms with E-state index >= 15 is 0 Å². The summed E-state index contributed by atoms with van der Waals surface area (Å²) < 4.78 is 3.86. The second-order valence-corrected chi connectivity index (χ2v) is 4.93. The molecule has 0 saturated heterocycles. The fourth-order valence-corrected chi connectivity index (χ4v) is 1.33. The molecule has 0 heterocycles. The maximum atomic E-state index is 8.95. The molecule has 0 aliphatic carbocycles. The molecule has 0 saturated carbocycles. The lowest BCUT2D eigenvalue weighted by molar-refractivity contribution is -0.126. The Hall–Kier alpha value is -1.00. The van der Waals surface area contributed by atoms with Crippen molar-refractivity contribution in [3.8, 4) is 0 Å². The highest BCUT2D eigenvalue weighted by atomic mass is 32.2. The highest BCUT2D eigenvalue weighted by Gasteiger charge is 2.12. The van der Waals surface area contributed by atoms with Gasteiger partial charge in [-0.25, -0.2) is 0 Å². The van der Waals surface area contributed by atoms with Gasteiger partial charge >= 0.3 is 0 Å². The van der Waals surface area contributed by atoms with Crippen molar-refractivity contribution in [1.29, 1.82) is 0 Å². The lowest BCUT2D eigenvalue weighted by Gasteiger charge is -2.18. The van der Waals surface area contributed by atoms with Crippen LogP contribution in [-0.4, -0.2) is 13.6 Å². The van der Waals surface area contributed by atoms with Gasteiger partial charge in [-0.1, -0.05) is 32.9 Å². The summed E-state index contributed by atoms with van der Waals surface area (Å²) in [6.07, 6.45) is 0. The topological polar surface area (TPSA) is 52.3 Å². The summed E-state index contributed by atoms with van der Waals surface area (Å²) in [5, 5.41) is 5.43. The van der Waals surface area contributed by atoms with E-state index < -0.39 is 0 Å². The molecule has 90 valence electrons. The quantitative estimate of drug-likeness (QED) is 0.639. The average molecular weight is 241 g/mol. The summed E-state index contributed by atoms with van der Waals surface area (Å²) in [6.45, 7) is 6.99. The van der Waals surface area contributed by atoms with E-state index in [0.717, 1.165) is 4.90 Å². The van der Waals surface area contributed by atoms with Gasteiger partial charge < -0.3 is 4.74 Å². The maximum absolute atomic E-state index is 8.95. The largest absolute Gasteiger partial charge is 0.471 e. The van der Waals surface area contributed by atoms with Crippen LogP contribution in [0.2, 0.25) is 0 Å². The van der Waals surface area contributed by atoms with E-state index in [1.165, 1.54) is 24.6 Å². The van der Waals surface area contributed by atoms with E-state index in [4.69, 9.17) is 9.93 Å². The highest BCUT2D eigenvalue weighted by Crippen LogP contribution is 2.23. The fourth-order valence-electron chi connectivity index (χ4n) is 1.03. The lowest BCUT2D eigenvalue weighted by atomic mass is 9.87. The molecule has 0 aliphatic rings. The van der Waals surface area contributed by atoms with Gasteiger partial charge in [0.1, 0.15) is 0 Å². The van der Waals surface area contributed by atoms with Crippen LogP contribution in [0, 0.1) is 0 Å². The third kappa shape index (κ3) is 5.78. The van der Waals surface area contributed by atoms with Gasteiger partial charge in [0.15, 0.2) is 0 Å². The Kier molecular flexibility index (Phi) is 6.85. The van der Waals surface area contributed by atoms with Crippen molar-refractivity contribution in [2.24, 2.45) is 5.14 Å². The minimum Gasteiger partial charge on any atom is -0.471 e. The first-order chi connectivity index (χ1) is 7.45. The van der Waals surface area contributed by atoms with Crippen LogP contribution in [0.3, 0.4) is 0 Å². The van der Waals surface area contributed by atoms with Crippen molar-refractivity contribution in [1.82, 2.24) is 0 Å². The first-order valence-corrected chi connectivity index (χ1v) is 5.77. The van der Waals surface area contributed by atoms with Crippen molar-refractivity contribution in [3.05, 3.63) is 29.8 Å². The summed E-state index contributed by atoms with van der Waals surface area (Å²) in [5.41, 5.74) is 1.58. The van der Waals surface area contributed by atoms with Gasteiger partial charge in [-0.2, -0.15) is 0 Å². The predicted molar refractivity (Wildman–Crippen MR) is 68.3 cm³/mol. The molecule has 0 fully saturated rings. The van der Waals surface area contributed by atoms with Crippen LogP contribution in [0.1, 0.15) is 26.3 Å². The first-order valence-electron chi connectivity index (χ1n) is 4.89. The van der Waals surface area contributed by atoms with Crippen LogP contribution in [0.25, 0.3) is 0 Å². The number of ether oxygens (including phenoxy) is 1. The normalized spacial score (nSPS) is 10.1. The van der Waals surface area contributed by atoms with Gasteiger partial charge in [-0.15, -0.1) is 0 Å². The summed E-state index contributed by atoms with van der Waals surface area (Å²) in [5.74, 6) is 0. The lowest BCUT2D eigenvalue weighted by Crippen LogP contribution is -2.10. The minimum absolute atomic E-state index is 0.234. The van der Waals surface area contributed by atoms with Crippen LogP contribution in [-0.2, 0) is 14.9 Å². The second-order valence-electron chi connectivity index (χ2n) is 4.22. The van der Waals surface area contributed by atoms with Crippen LogP contribution >= 0.6 is 11.9 Å². The third-order valence-electron chi connectivity index (χ3n) is 1.95. The van der Waals surface area contributed by atoms with Crippen LogP contribution in [0.15, 0.2) is 29.2 Å². The maximum Gasteiger partial charge on any atom is 0.292 e. The Bertz CT molecular complexity index is 304. The Morgan fingerprint density at radius 1 is 1.25 bits per heavy atom. The molecule has 4 heteroatoms. The smallest absolute Gasteiger partial charge is 0.292 e. The van der Waals surface area contributed by atoms with Crippen molar-refractivity contribution >= 4 is 18.4 Å². The number of carbonyl (C=O) groups excluding carboxylic acids is 1. The number of hydrogen-bond donors (Lipinski definition) is 1. The standard InChI is InChI=1S/C10H15NS.C2H4O2/c1-10(2,3)8-4-6-9(12-11)7-5-8;1-4-2-3/h4-7H,11H2,1-3H3;2H,1H3. The predicted octanol–water partition coefficient (Wildman–Crippen LogP) is 2.74. The van der Waals surface area contributed by atoms with Crippen molar-refractivity contribution in [2.45, 2.75) is 31.1 Å². The molecule has 1 aromatic rings. The number of nitrogens with two attached hydrogens (primary N) is 1. The summed E-state index contributed by atoms with van der Waals surface area (Å²) in [6, 6.07) is 8.39. The van der Waals surface area contributed by atoms with E-state index in [9.17, 15) is 0 Å². The molecule has 16 heavy (non-hydrogen) atoms. The molecule has 1 aromatic carbocycles. The molecule has 0 aromatic heterocycles. The van der Waals surface area contributed by atoms with Crippen molar-refractivity contribution in [2.75, 3.05) is 7.11 Å². The van der Waals surface area contributed by atoms with Gasteiger partial charge in [0, 0.05) is 4.90 Å². The molecule has 0 unspecified atom stereocenters. The van der Waals surface area contributed by atoms with Crippen molar-refractivity contribution < 1.29 is 9.53 Å². The molecule has 1 rings (SSSR count). The van der Waals surface area contributed by atoms with Gasteiger partial charge in [-0.05, 0) is 35.1 Å². The Morgan fingerprint density at radius 2 is 1.69 bits per heavy atom. The van der Waals surface area contributed by atoms with E-state index in [1.807, 2.05) is 0 Å². The van der Waals surface area contributed by atoms with Crippen molar-refractivity contribution in [3.63, 3.8) is 0 Å². The van der Waals surface area contributed by atoms with E-state index in [-0.39, 0.29) is 5.41 Å². The molecule has 0 radical (unpaired) electrons. The van der Waals surface area contributed by atoms with E-state index in [0.29, 0.717) is 6.47 Å². The summed E-state index contributed by atoms with van der Waals surface area (Å²) in [4.78, 5) is 10.1. The number of hydrogen-bond acceptors (Lipinski definition) is 4. The third-order valence-corrected chi connectivity index (χ3v) is 2.50. The number of rotatable bonds is 2. The molecule has 0 amide bonds. The van der Waals surface area contributed by atoms with Crippen LogP contribution in [0.5, 0.6) is 0 Å². The van der Waals surface area contributed by atoms with Gasteiger partial charge in [0.25, 0.3) is 6.47 Å². The molecule has 0 atom stereocenters. The zero-order chi connectivity index (χ0) is 12.6. The molecule has 3 nitrogen and oxygen atoms in total. The number of methoxy groups -OCH3 is 1. The Morgan fingerprint density at radius 3 is 1.94 bits per heavy atom. The molecule has 0 bridgehead atoms. The first kappa shape index (κ1) is 15.0. The average Bonchev–Trinajstić information content (AvgIpc) is 2.28. The molecule has 0 spiro atoms. The van der Waals surface area contributed by atoms with Gasteiger partial charge in [-0.3, -0.25) is 9.93 Å². The molecule has 2 N–H and O–H groups in total. The summed E-state index contributed by atoms with van der Waals surface area (Å²) >= 11 is 1.29. The minimum atomic E-state index is 0.234. The molecular weight excluding hydrogens is 222 g/mol.